The summed E-state index contributed by atoms with van der Waals surface area (Å²) >= 11 is 0. The Labute approximate surface area is 132 Å². The number of nitrogens with zero attached hydrogens (tertiary/aromatic N) is 2. The fourth-order valence-electron chi connectivity index (χ4n) is 2.45. The van der Waals surface area contributed by atoms with Gasteiger partial charge in [0.15, 0.2) is 0 Å². The van der Waals surface area contributed by atoms with Gasteiger partial charge in [-0.25, -0.2) is 9.13 Å². The molecule has 1 amide bonds. The first-order chi connectivity index (χ1) is 10.8. The minimum Gasteiger partial charge on any atom is -0.315 e. The van der Waals surface area contributed by atoms with Gasteiger partial charge >= 0.3 is 11.7 Å². The molecule has 0 saturated heterocycles. The van der Waals surface area contributed by atoms with E-state index in [-0.39, 0.29) is 5.91 Å². The number of aryl methyl sites for hydroxylation is 2. The Morgan fingerprint density at radius 1 is 1.14 bits per heavy atom. The zero-order valence-electron chi connectivity index (χ0n) is 13.6. The molecule has 0 aliphatic rings. The second kappa shape index (κ2) is 8.37. The normalized spacial score (nSPS) is 10.6. The fourth-order valence-corrected chi connectivity index (χ4v) is 2.45. The third kappa shape index (κ3) is 4.20. The van der Waals surface area contributed by atoms with E-state index in [2.05, 4.69) is 28.3 Å². The summed E-state index contributed by atoms with van der Waals surface area (Å²) in [6.07, 6.45) is 8.43. The molecule has 118 valence electrons. The summed E-state index contributed by atoms with van der Waals surface area (Å²) in [5.74, 6) is 0.703. The van der Waals surface area contributed by atoms with E-state index >= 15 is 0 Å². The van der Waals surface area contributed by atoms with Gasteiger partial charge in [-0.1, -0.05) is 44.9 Å². The number of imidazole rings is 1. The number of unbranched alkanes of at least 4 members (excludes halogenated alkanes) is 2. The Morgan fingerprint density at radius 3 is 2.55 bits per heavy atom. The minimum absolute atomic E-state index is 0.0385. The number of amides is 1. The number of carbonyl (C=O) groups excluding carboxylic acids is 1. The molecule has 2 rings (SSSR count). The minimum atomic E-state index is -0.0385. The van der Waals surface area contributed by atoms with Crippen molar-refractivity contribution in [2.45, 2.75) is 52.6 Å². The van der Waals surface area contributed by atoms with Gasteiger partial charge in [0, 0.05) is 5.69 Å². The lowest BCUT2D eigenvalue weighted by Crippen LogP contribution is -2.41. The van der Waals surface area contributed by atoms with E-state index in [0.717, 1.165) is 50.3 Å². The molecule has 0 aliphatic heterocycles. The molecule has 1 aromatic carbocycles. The van der Waals surface area contributed by atoms with Crippen molar-refractivity contribution in [1.29, 1.82) is 0 Å². The van der Waals surface area contributed by atoms with Crippen LogP contribution in [0.1, 0.15) is 50.1 Å². The van der Waals surface area contributed by atoms with Crippen LogP contribution in [0.5, 0.6) is 0 Å². The smallest absolute Gasteiger partial charge is 0.315 e. The quantitative estimate of drug-likeness (QED) is 0.743. The molecule has 1 heterocycles. The third-order valence-electron chi connectivity index (χ3n) is 3.71. The highest BCUT2D eigenvalue weighted by Crippen LogP contribution is 2.08. The second-order valence-electron chi connectivity index (χ2n) is 5.54. The molecule has 2 aromatic rings. The van der Waals surface area contributed by atoms with Crippen molar-refractivity contribution in [3.05, 3.63) is 48.5 Å². The zero-order chi connectivity index (χ0) is 15.8. The van der Waals surface area contributed by atoms with Crippen LogP contribution < -0.4 is 9.88 Å². The van der Waals surface area contributed by atoms with Crippen molar-refractivity contribution in [2.24, 2.45) is 0 Å². The second-order valence-corrected chi connectivity index (χ2v) is 5.54. The largest absolute Gasteiger partial charge is 0.348 e. The number of nitrogens with one attached hydrogen (secondary N) is 1. The molecule has 22 heavy (non-hydrogen) atoms. The fraction of sp³-hybridized carbons (Fsp3) is 0.444. The number of hydrogen-bond donors (Lipinski definition) is 1. The first-order valence-electron chi connectivity index (χ1n) is 8.21. The summed E-state index contributed by atoms with van der Waals surface area (Å²) in [4.78, 5) is 12.7. The van der Waals surface area contributed by atoms with Crippen LogP contribution in [-0.4, -0.2) is 10.5 Å². The molecular weight excluding hydrogens is 274 g/mol. The van der Waals surface area contributed by atoms with Gasteiger partial charge in [0.2, 0.25) is 0 Å². The van der Waals surface area contributed by atoms with Crippen LogP contribution in [0.25, 0.3) is 0 Å². The van der Waals surface area contributed by atoms with E-state index in [4.69, 9.17) is 0 Å². The molecule has 4 nitrogen and oxygen atoms in total. The summed E-state index contributed by atoms with van der Waals surface area (Å²) in [5.41, 5.74) is 0.831. The Bertz CT molecular complexity index is 564. The van der Waals surface area contributed by atoms with Crippen LogP contribution >= 0.6 is 0 Å². The van der Waals surface area contributed by atoms with E-state index in [9.17, 15) is 4.79 Å². The maximum Gasteiger partial charge on any atom is 0.348 e. The molecule has 0 radical (unpaired) electrons. The van der Waals surface area contributed by atoms with Crippen molar-refractivity contribution in [2.75, 3.05) is 5.32 Å². The van der Waals surface area contributed by atoms with Gasteiger partial charge in [-0.05, 0) is 25.0 Å². The highest BCUT2D eigenvalue weighted by atomic mass is 16.2. The summed E-state index contributed by atoms with van der Waals surface area (Å²) < 4.78 is 4.13. The highest BCUT2D eigenvalue weighted by molar-refractivity contribution is 6.00. The third-order valence-corrected chi connectivity index (χ3v) is 3.71. The molecule has 0 fully saturated rings. The average molecular weight is 300 g/mol. The molecule has 0 saturated carbocycles. The molecular formula is C18H26N3O+. The zero-order valence-corrected chi connectivity index (χ0v) is 13.6. The SMILES string of the molecule is CCCCn1cc[n+](CCCC)c1C(=O)Nc1ccccc1. The first kappa shape index (κ1) is 16.3. The van der Waals surface area contributed by atoms with E-state index in [1.807, 2.05) is 42.7 Å². The average Bonchev–Trinajstić information content (AvgIpc) is 2.94. The maximum absolute atomic E-state index is 12.7. The summed E-state index contributed by atoms with van der Waals surface area (Å²) in [7, 11) is 0. The van der Waals surface area contributed by atoms with Crippen molar-refractivity contribution in [3.8, 4) is 0 Å². The predicted octanol–water partition coefficient (Wildman–Crippen LogP) is 3.63. The van der Waals surface area contributed by atoms with Gasteiger partial charge in [-0.15, -0.1) is 0 Å². The molecule has 0 bridgehead atoms. The lowest BCUT2D eigenvalue weighted by molar-refractivity contribution is -0.698. The number of benzene rings is 1. The number of anilines is 1. The van der Waals surface area contributed by atoms with Gasteiger partial charge in [0.05, 0.1) is 13.1 Å². The summed E-state index contributed by atoms with van der Waals surface area (Å²) in [6.45, 7) is 6.09. The molecule has 1 N–H and O–H groups in total. The van der Waals surface area contributed by atoms with Crippen LogP contribution in [-0.2, 0) is 13.1 Å². The van der Waals surface area contributed by atoms with E-state index in [1.165, 1.54) is 0 Å². The van der Waals surface area contributed by atoms with Crippen LogP contribution in [0.2, 0.25) is 0 Å². The Kier molecular flexibility index (Phi) is 6.19. The maximum atomic E-state index is 12.7. The molecule has 0 aliphatic carbocycles. The van der Waals surface area contributed by atoms with Gasteiger partial charge < -0.3 is 5.32 Å². The first-order valence-corrected chi connectivity index (χ1v) is 8.21. The van der Waals surface area contributed by atoms with Gasteiger partial charge in [0.25, 0.3) is 0 Å². The summed E-state index contributed by atoms with van der Waals surface area (Å²) in [5, 5.41) is 3.00. The topological polar surface area (TPSA) is 37.9 Å². The lowest BCUT2D eigenvalue weighted by Gasteiger charge is -2.06. The van der Waals surface area contributed by atoms with E-state index < -0.39 is 0 Å². The van der Waals surface area contributed by atoms with Gasteiger partial charge in [0.1, 0.15) is 12.4 Å². The highest BCUT2D eigenvalue weighted by Gasteiger charge is 2.24. The number of rotatable bonds is 8. The number of hydrogen-bond acceptors (Lipinski definition) is 1. The molecule has 1 aromatic heterocycles. The molecule has 4 heteroatoms. The Hall–Kier alpha value is -2.10. The predicted molar refractivity (Wildman–Crippen MR) is 88.8 cm³/mol. The van der Waals surface area contributed by atoms with Gasteiger partial charge in [-0.2, -0.15) is 0 Å². The van der Waals surface area contributed by atoms with Crippen LogP contribution in [0.3, 0.4) is 0 Å². The molecule has 0 spiro atoms. The van der Waals surface area contributed by atoms with Gasteiger partial charge in [-0.3, -0.25) is 4.79 Å². The number of carbonyl (C=O) groups is 1. The van der Waals surface area contributed by atoms with Crippen molar-refractivity contribution in [3.63, 3.8) is 0 Å². The van der Waals surface area contributed by atoms with Crippen molar-refractivity contribution >= 4 is 11.6 Å². The molecule has 0 unspecified atom stereocenters. The summed E-state index contributed by atoms with van der Waals surface area (Å²) in [6, 6.07) is 9.62. The van der Waals surface area contributed by atoms with Crippen LogP contribution in [0, 0.1) is 0 Å². The monoisotopic (exact) mass is 300 g/mol. The Morgan fingerprint density at radius 2 is 1.86 bits per heavy atom. The number of para-hydroxylation sites is 1. The van der Waals surface area contributed by atoms with Crippen LogP contribution in [0.15, 0.2) is 42.7 Å². The molecule has 0 atom stereocenters. The van der Waals surface area contributed by atoms with E-state index in [0.29, 0.717) is 0 Å². The van der Waals surface area contributed by atoms with E-state index in [1.54, 1.807) is 0 Å². The van der Waals surface area contributed by atoms with Crippen molar-refractivity contribution < 1.29 is 9.36 Å². The standard InChI is InChI=1S/C18H25N3O/c1-3-5-12-20-14-15-21(13-6-4-2)18(20)17(22)19-16-10-8-7-9-11-16/h7-11,14-15H,3-6,12-13H2,1-2H3/p+1. The van der Waals surface area contributed by atoms with Crippen molar-refractivity contribution in [1.82, 2.24) is 4.57 Å². The van der Waals surface area contributed by atoms with Crippen LogP contribution in [0.4, 0.5) is 5.69 Å². The lowest BCUT2D eigenvalue weighted by atomic mass is 10.3. The Balaban J connectivity index is 2.20. The number of aromatic nitrogens is 2.